The van der Waals surface area contributed by atoms with Crippen molar-refractivity contribution >= 4 is 11.4 Å². The van der Waals surface area contributed by atoms with E-state index in [2.05, 4.69) is 45.2 Å². The van der Waals surface area contributed by atoms with Crippen molar-refractivity contribution in [1.82, 2.24) is 44.5 Å². The average molecular weight is 472 g/mol. The van der Waals surface area contributed by atoms with E-state index in [9.17, 15) is 4.79 Å². The van der Waals surface area contributed by atoms with Crippen LogP contribution in [0.25, 0.3) is 17.1 Å². The minimum Gasteiger partial charge on any atom is -0.411 e. The van der Waals surface area contributed by atoms with Gasteiger partial charge >= 0.3 is 11.8 Å². The van der Waals surface area contributed by atoms with Crippen molar-refractivity contribution in [3.05, 3.63) is 71.0 Å². The molecule has 5 aromatic rings. The first kappa shape index (κ1) is 21.3. The fourth-order valence-electron chi connectivity index (χ4n) is 4.67. The maximum atomic E-state index is 13.7. The number of nitrogens with zero attached hydrogens (tertiary/aromatic N) is 8. The summed E-state index contributed by atoms with van der Waals surface area (Å²) in [7, 11) is 1.83. The molecule has 0 aromatic carbocycles. The summed E-state index contributed by atoms with van der Waals surface area (Å²) in [5.41, 5.74) is 6.19. The third-order valence-electron chi connectivity index (χ3n) is 6.58. The number of hydrogen-bond donors (Lipinski definition) is 1. The summed E-state index contributed by atoms with van der Waals surface area (Å²) in [6, 6.07) is 7.49. The van der Waals surface area contributed by atoms with E-state index in [1.807, 2.05) is 42.9 Å². The van der Waals surface area contributed by atoms with Crippen LogP contribution >= 0.6 is 0 Å². The molecule has 1 atom stereocenters. The van der Waals surface area contributed by atoms with Gasteiger partial charge in [-0.3, -0.25) is 9.48 Å². The van der Waals surface area contributed by atoms with Crippen molar-refractivity contribution in [2.45, 2.75) is 39.2 Å². The highest BCUT2D eigenvalue weighted by Crippen LogP contribution is 2.35. The Hall–Kier alpha value is -4.28. The van der Waals surface area contributed by atoms with Gasteiger partial charge in [-0.25, -0.2) is 9.50 Å². The van der Waals surface area contributed by atoms with Gasteiger partial charge in [0, 0.05) is 37.6 Å². The van der Waals surface area contributed by atoms with Crippen LogP contribution in [0.4, 0.5) is 0 Å². The predicted molar refractivity (Wildman–Crippen MR) is 126 cm³/mol. The first-order chi connectivity index (χ1) is 16.9. The molecule has 0 radical (unpaired) electrons. The third-order valence-corrected chi connectivity index (χ3v) is 6.58. The van der Waals surface area contributed by atoms with E-state index >= 15 is 0 Å². The van der Waals surface area contributed by atoms with E-state index in [4.69, 9.17) is 9.52 Å². The topological polar surface area (TPSA) is 123 Å². The first-order valence-corrected chi connectivity index (χ1v) is 11.6. The fourth-order valence-corrected chi connectivity index (χ4v) is 4.67. The van der Waals surface area contributed by atoms with Gasteiger partial charge in [0.2, 0.25) is 0 Å². The van der Waals surface area contributed by atoms with Gasteiger partial charge in [-0.1, -0.05) is 19.9 Å². The van der Waals surface area contributed by atoms with Crippen molar-refractivity contribution in [2.75, 3.05) is 6.54 Å². The number of fused-ring (bicyclic) bond motifs is 2. The van der Waals surface area contributed by atoms with E-state index in [1.165, 1.54) is 5.56 Å². The number of aryl methyl sites for hydroxylation is 2. The Morgan fingerprint density at radius 3 is 2.86 bits per heavy atom. The number of amides is 1. The molecule has 1 unspecified atom stereocenters. The van der Waals surface area contributed by atoms with Gasteiger partial charge in [0.05, 0.1) is 23.2 Å². The minimum atomic E-state index is -0.482. The molecule has 0 aliphatic carbocycles. The zero-order valence-corrected chi connectivity index (χ0v) is 19.9. The highest BCUT2D eigenvalue weighted by Gasteiger charge is 2.38. The molecule has 0 bridgehead atoms. The summed E-state index contributed by atoms with van der Waals surface area (Å²) in [4.78, 5) is 23.1. The SMILES string of the molecule is Cc1cc(-c2nnc(C(=O)N3CCc4[nH]cnc4C3c3cc4c(C(C)C)cccn4n3)o2)nn1C. The van der Waals surface area contributed by atoms with Crippen LogP contribution in [0.2, 0.25) is 0 Å². The summed E-state index contributed by atoms with van der Waals surface area (Å²) in [6.07, 6.45) is 4.22. The molecule has 0 fully saturated rings. The Morgan fingerprint density at radius 2 is 2.09 bits per heavy atom. The highest BCUT2D eigenvalue weighted by atomic mass is 16.4. The number of aromatic amines is 1. The summed E-state index contributed by atoms with van der Waals surface area (Å²) in [6.45, 7) is 6.70. The van der Waals surface area contributed by atoms with Gasteiger partial charge in [-0.2, -0.15) is 10.2 Å². The second kappa shape index (κ2) is 7.90. The molecule has 35 heavy (non-hydrogen) atoms. The molecule has 0 saturated heterocycles. The molecule has 1 aliphatic heterocycles. The van der Waals surface area contributed by atoms with Crippen molar-refractivity contribution in [3.8, 4) is 11.6 Å². The molecular weight excluding hydrogens is 446 g/mol. The van der Waals surface area contributed by atoms with Crippen molar-refractivity contribution in [1.29, 1.82) is 0 Å². The molecule has 0 saturated carbocycles. The summed E-state index contributed by atoms with van der Waals surface area (Å²) in [5, 5.41) is 17.3. The van der Waals surface area contributed by atoms with E-state index in [-0.39, 0.29) is 17.7 Å². The summed E-state index contributed by atoms with van der Waals surface area (Å²) >= 11 is 0. The largest absolute Gasteiger partial charge is 0.411 e. The molecule has 11 heteroatoms. The van der Waals surface area contributed by atoms with E-state index in [0.717, 1.165) is 28.3 Å². The molecule has 6 rings (SSSR count). The lowest BCUT2D eigenvalue weighted by Crippen LogP contribution is -2.41. The number of rotatable bonds is 4. The maximum absolute atomic E-state index is 13.7. The number of imidazole rings is 1. The summed E-state index contributed by atoms with van der Waals surface area (Å²) < 4.78 is 9.35. The zero-order valence-electron chi connectivity index (χ0n) is 19.9. The lowest BCUT2D eigenvalue weighted by molar-refractivity contribution is 0.0646. The number of hydrogen-bond acceptors (Lipinski definition) is 7. The molecule has 1 N–H and O–H groups in total. The van der Waals surface area contributed by atoms with Gasteiger partial charge in [-0.05, 0) is 36.6 Å². The lowest BCUT2D eigenvalue weighted by Gasteiger charge is -2.32. The van der Waals surface area contributed by atoms with Crippen LogP contribution < -0.4 is 0 Å². The third kappa shape index (κ3) is 3.42. The molecule has 0 spiro atoms. The number of aromatic nitrogens is 8. The second-order valence-corrected chi connectivity index (χ2v) is 9.14. The number of carbonyl (C=O) groups is 1. The average Bonchev–Trinajstić information content (AvgIpc) is 3.63. The van der Waals surface area contributed by atoms with Crippen LogP contribution in [0.1, 0.15) is 64.8 Å². The molecular formula is C24H25N9O2. The van der Waals surface area contributed by atoms with Crippen LogP contribution in [0.15, 0.2) is 41.2 Å². The Labute approximate surface area is 200 Å². The fraction of sp³-hybridized carbons (Fsp3) is 0.333. The monoisotopic (exact) mass is 471 g/mol. The zero-order chi connectivity index (χ0) is 24.3. The Bertz CT molecular complexity index is 1530. The van der Waals surface area contributed by atoms with Crippen molar-refractivity contribution < 1.29 is 9.21 Å². The molecule has 178 valence electrons. The number of nitrogens with one attached hydrogen (secondary N) is 1. The van der Waals surface area contributed by atoms with Crippen LogP contribution in [0, 0.1) is 6.92 Å². The molecule has 6 heterocycles. The second-order valence-electron chi connectivity index (χ2n) is 9.14. The number of carbonyl (C=O) groups excluding carboxylic acids is 1. The van der Waals surface area contributed by atoms with E-state index < -0.39 is 6.04 Å². The van der Waals surface area contributed by atoms with Crippen LogP contribution in [-0.4, -0.2) is 56.9 Å². The Kier molecular flexibility index (Phi) is 4.80. The molecule has 5 aromatic heterocycles. The van der Waals surface area contributed by atoms with Crippen LogP contribution in [-0.2, 0) is 13.5 Å². The van der Waals surface area contributed by atoms with Gasteiger partial charge < -0.3 is 14.3 Å². The molecule has 1 aliphatic rings. The molecule has 11 nitrogen and oxygen atoms in total. The van der Waals surface area contributed by atoms with E-state index in [0.29, 0.717) is 24.6 Å². The molecule has 1 amide bonds. The first-order valence-electron chi connectivity index (χ1n) is 11.6. The summed E-state index contributed by atoms with van der Waals surface area (Å²) in [5.74, 6) is 0.0934. The lowest BCUT2D eigenvalue weighted by atomic mass is 9.98. The minimum absolute atomic E-state index is 0.0843. The standard InChI is InChI=1S/C24H25N9O2/c1-13(2)15-6-5-8-33-19(15)11-17(30-33)21-20-16(25-12-26-20)7-9-32(21)24(34)23-28-27-22(35-23)18-10-14(3)31(4)29-18/h5-6,8,10-13,21H,7,9H2,1-4H3,(H,25,26). The van der Waals surface area contributed by atoms with Gasteiger partial charge in [0.1, 0.15) is 11.7 Å². The van der Waals surface area contributed by atoms with E-state index in [1.54, 1.807) is 15.9 Å². The quantitative estimate of drug-likeness (QED) is 0.427. The van der Waals surface area contributed by atoms with Crippen LogP contribution in [0.3, 0.4) is 0 Å². The highest BCUT2D eigenvalue weighted by molar-refractivity contribution is 5.90. The number of H-pyrrole nitrogens is 1. The van der Waals surface area contributed by atoms with Gasteiger partial charge in [0.15, 0.2) is 0 Å². The smallest absolute Gasteiger partial charge is 0.312 e. The van der Waals surface area contributed by atoms with Gasteiger partial charge in [-0.15, -0.1) is 10.2 Å². The van der Waals surface area contributed by atoms with Crippen molar-refractivity contribution in [3.63, 3.8) is 0 Å². The van der Waals surface area contributed by atoms with Gasteiger partial charge in [0.25, 0.3) is 5.89 Å². The number of pyridine rings is 1. The predicted octanol–water partition coefficient (Wildman–Crippen LogP) is 3.06. The Balaban J connectivity index is 1.41. The Morgan fingerprint density at radius 1 is 1.23 bits per heavy atom. The van der Waals surface area contributed by atoms with Crippen LogP contribution in [0.5, 0.6) is 0 Å². The maximum Gasteiger partial charge on any atom is 0.312 e. The van der Waals surface area contributed by atoms with Crippen molar-refractivity contribution in [2.24, 2.45) is 7.05 Å². The normalized spacial score (nSPS) is 15.8.